The Morgan fingerprint density at radius 1 is 0.962 bits per heavy atom. The van der Waals surface area contributed by atoms with E-state index in [1.165, 1.54) is 6.26 Å². The van der Waals surface area contributed by atoms with Gasteiger partial charge in [-0.05, 0) is 48.7 Å². The molecule has 0 radical (unpaired) electrons. The first-order chi connectivity index (χ1) is 12.3. The molecule has 134 valence electrons. The second-order valence-corrected chi connectivity index (χ2v) is 8.57. The molecule has 0 fully saturated rings. The zero-order valence-electron chi connectivity index (χ0n) is 14.8. The molecule has 0 N–H and O–H groups in total. The van der Waals surface area contributed by atoms with Crippen LogP contribution in [0.2, 0.25) is 5.02 Å². The van der Waals surface area contributed by atoms with Gasteiger partial charge in [0.05, 0.1) is 15.6 Å². The summed E-state index contributed by atoms with van der Waals surface area (Å²) in [4.78, 5) is 9.19. The smallest absolute Gasteiger partial charge is 0.175 e. The summed E-state index contributed by atoms with van der Waals surface area (Å²) in [5.41, 5.74) is 5.36. The number of halogens is 1. The van der Waals surface area contributed by atoms with E-state index in [1.54, 1.807) is 36.7 Å². The first-order valence-electron chi connectivity index (χ1n) is 8.22. The minimum atomic E-state index is -3.24. The zero-order valence-corrected chi connectivity index (χ0v) is 16.4. The summed E-state index contributed by atoms with van der Waals surface area (Å²) in [6.45, 7) is 3.97. The summed E-state index contributed by atoms with van der Waals surface area (Å²) < 4.78 is 23.5. The van der Waals surface area contributed by atoms with E-state index in [9.17, 15) is 8.42 Å². The molecule has 4 nitrogen and oxygen atoms in total. The molecule has 0 bridgehead atoms. The van der Waals surface area contributed by atoms with E-state index in [1.807, 2.05) is 26.0 Å². The van der Waals surface area contributed by atoms with Crippen molar-refractivity contribution < 1.29 is 8.42 Å². The van der Waals surface area contributed by atoms with Gasteiger partial charge in [0.15, 0.2) is 9.84 Å². The molecule has 0 saturated carbocycles. The Kier molecular flexibility index (Phi) is 5.12. The lowest BCUT2D eigenvalue weighted by Gasteiger charge is -2.15. The van der Waals surface area contributed by atoms with Crippen molar-refractivity contribution in [3.8, 4) is 22.4 Å². The van der Waals surface area contributed by atoms with E-state index < -0.39 is 9.84 Å². The third kappa shape index (κ3) is 3.64. The quantitative estimate of drug-likeness (QED) is 0.649. The first-order valence-corrected chi connectivity index (χ1v) is 10.5. The second kappa shape index (κ2) is 7.17. The van der Waals surface area contributed by atoms with Crippen LogP contribution in [-0.4, -0.2) is 24.6 Å². The van der Waals surface area contributed by atoms with E-state index in [0.717, 1.165) is 40.1 Å². The van der Waals surface area contributed by atoms with Crippen LogP contribution in [0.1, 0.15) is 18.2 Å². The molecule has 0 saturated heterocycles. The minimum absolute atomic E-state index is 0.285. The largest absolute Gasteiger partial charge is 0.261 e. The predicted octanol–water partition coefficient (Wildman–Crippen LogP) is 4.74. The van der Waals surface area contributed by atoms with Crippen molar-refractivity contribution >= 4 is 21.4 Å². The predicted molar refractivity (Wildman–Crippen MR) is 105 cm³/mol. The number of sulfone groups is 1. The van der Waals surface area contributed by atoms with Crippen molar-refractivity contribution in [2.45, 2.75) is 25.2 Å². The number of hydrogen-bond donors (Lipinski definition) is 0. The van der Waals surface area contributed by atoms with Gasteiger partial charge in [-0.25, -0.2) is 8.42 Å². The topological polar surface area (TPSA) is 59.9 Å². The second-order valence-electron chi connectivity index (χ2n) is 6.15. The normalized spacial score (nSPS) is 11.5. The molecule has 0 aliphatic rings. The van der Waals surface area contributed by atoms with Gasteiger partial charge in [-0.1, -0.05) is 30.7 Å². The number of benzene rings is 1. The van der Waals surface area contributed by atoms with Gasteiger partial charge in [-0.3, -0.25) is 9.97 Å². The average Bonchev–Trinajstić information content (AvgIpc) is 2.61. The zero-order chi connectivity index (χ0) is 18.9. The molecular weight excluding hydrogens is 368 g/mol. The number of hydrogen-bond acceptors (Lipinski definition) is 4. The van der Waals surface area contributed by atoms with Gasteiger partial charge in [0.1, 0.15) is 0 Å². The van der Waals surface area contributed by atoms with Crippen molar-refractivity contribution in [2.75, 3.05) is 6.26 Å². The van der Waals surface area contributed by atoms with E-state index in [-0.39, 0.29) is 4.90 Å². The number of nitrogens with zero attached hydrogens (tertiary/aromatic N) is 2. The molecule has 6 heteroatoms. The molecule has 2 aromatic heterocycles. The lowest BCUT2D eigenvalue weighted by Crippen LogP contribution is -1.99. The van der Waals surface area contributed by atoms with Gasteiger partial charge in [0, 0.05) is 35.5 Å². The molecule has 0 amide bonds. The fourth-order valence-corrected chi connectivity index (χ4v) is 3.79. The molecule has 3 rings (SSSR count). The maximum Gasteiger partial charge on any atom is 0.175 e. The van der Waals surface area contributed by atoms with Crippen molar-refractivity contribution in [3.63, 3.8) is 0 Å². The third-order valence-electron chi connectivity index (χ3n) is 4.24. The summed E-state index contributed by atoms with van der Waals surface area (Å²) in [5, 5.41) is 0.596. The number of rotatable bonds is 4. The Bertz CT molecular complexity index is 1040. The monoisotopic (exact) mass is 386 g/mol. The highest BCUT2D eigenvalue weighted by atomic mass is 35.5. The number of aromatic nitrogens is 2. The molecule has 26 heavy (non-hydrogen) atoms. The van der Waals surface area contributed by atoms with Crippen LogP contribution in [0, 0.1) is 6.92 Å². The summed E-state index contributed by atoms with van der Waals surface area (Å²) >= 11 is 6.39. The van der Waals surface area contributed by atoms with E-state index >= 15 is 0 Å². The van der Waals surface area contributed by atoms with Crippen molar-refractivity contribution in [2.24, 2.45) is 0 Å². The van der Waals surface area contributed by atoms with Gasteiger partial charge >= 0.3 is 0 Å². The van der Waals surface area contributed by atoms with Gasteiger partial charge in [-0.15, -0.1) is 0 Å². The highest BCUT2D eigenvalue weighted by Gasteiger charge is 2.17. The Labute approximate surface area is 158 Å². The molecular formula is C20H19ClN2O2S. The Balaban J connectivity index is 2.24. The van der Waals surface area contributed by atoms with Gasteiger partial charge in [0.25, 0.3) is 0 Å². The average molecular weight is 387 g/mol. The van der Waals surface area contributed by atoms with Gasteiger partial charge in [-0.2, -0.15) is 0 Å². The maximum atomic E-state index is 11.7. The highest BCUT2D eigenvalue weighted by molar-refractivity contribution is 7.90. The standard InChI is InChI=1S/C20H19ClN2O2S/c1-4-17-18(21)12-23-20(15-6-5-13(2)22-11-15)19(17)14-7-9-16(10-8-14)26(3,24)25/h5-12H,4H2,1-3H3. The van der Waals surface area contributed by atoms with Crippen LogP contribution < -0.4 is 0 Å². The first kappa shape index (κ1) is 18.5. The van der Waals surface area contributed by atoms with Crippen LogP contribution >= 0.6 is 11.6 Å². The SMILES string of the molecule is CCc1c(Cl)cnc(-c2ccc(C)nc2)c1-c1ccc(S(C)(=O)=O)cc1. The fourth-order valence-electron chi connectivity index (χ4n) is 2.88. The Morgan fingerprint density at radius 3 is 2.15 bits per heavy atom. The summed E-state index contributed by atoms with van der Waals surface area (Å²) in [6, 6.07) is 10.7. The molecule has 0 atom stereocenters. The van der Waals surface area contributed by atoms with Crippen LogP contribution in [0.3, 0.4) is 0 Å². The molecule has 0 unspecified atom stereocenters. The highest BCUT2D eigenvalue weighted by Crippen LogP contribution is 2.37. The number of pyridine rings is 2. The molecule has 0 aliphatic heterocycles. The molecule has 0 aliphatic carbocycles. The molecule has 1 aromatic carbocycles. The van der Waals surface area contributed by atoms with Crippen LogP contribution in [-0.2, 0) is 16.3 Å². The van der Waals surface area contributed by atoms with Crippen molar-refractivity contribution in [3.05, 3.63) is 65.1 Å². The Morgan fingerprint density at radius 2 is 1.62 bits per heavy atom. The van der Waals surface area contributed by atoms with Gasteiger partial charge < -0.3 is 0 Å². The fraction of sp³-hybridized carbons (Fsp3) is 0.200. The molecule has 3 aromatic rings. The van der Waals surface area contributed by atoms with Crippen LogP contribution in [0.4, 0.5) is 0 Å². The van der Waals surface area contributed by atoms with E-state index in [4.69, 9.17) is 11.6 Å². The lowest BCUT2D eigenvalue weighted by atomic mass is 9.94. The third-order valence-corrected chi connectivity index (χ3v) is 5.70. The summed E-state index contributed by atoms with van der Waals surface area (Å²) in [7, 11) is -3.24. The van der Waals surface area contributed by atoms with Crippen LogP contribution in [0.25, 0.3) is 22.4 Å². The van der Waals surface area contributed by atoms with E-state index in [2.05, 4.69) is 9.97 Å². The molecule has 2 heterocycles. The van der Waals surface area contributed by atoms with Crippen molar-refractivity contribution in [1.82, 2.24) is 9.97 Å². The van der Waals surface area contributed by atoms with Crippen LogP contribution in [0.15, 0.2) is 53.7 Å². The van der Waals surface area contributed by atoms with Crippen LogP contribution in [0.5, 0.6) is 0 Å². The molecule has 0 spiro atoms. The minimum Gasteiger partial charge on any atom is -0.261 e. The summed E-state index contributed by atoms with van der Waals surface area (Å²) in [5.74, 6) is 0. The lowest BCUT2D eigenvalue weighted by molar-refractivity contribution is 0.602. The number of aryl methyl sites for hydroxylation is 1. The maximum absolute atomic E-state index is 11.7. The van der Waals surface area contributed by atoms with Crippen molar-refractivity contribution in [1.29, 1.82) is 0 Å². The Hall–Kier alpha value is -2.24. The summed E-state index contributed by atoms with van der Waals surface area (Å²) in [6.07, 6.45) is 5.38. The van der Waals surface area contributed by atoms with Gasteiger partial charge in [0.2, 0.25) is 0 Å². The van der Waals surface area contributed by atoms with E-state index in [0.29, 0.717) is 5.02 Å².